The van der Waals surface area contributed by atoms with Crippen LogP contribution in [-0.4, -0.2) is 36.4 Å². The Kier molecular flexibility index (Phi) is 4.64. The first kappa shape index (κ1) is 17.6. The summed E-state index contributed by atoms with van der Waals surface area (Å²) in [5.41, 5.74) is 1.80. The molecule has 27 heavy (non-hydrogen) atoms. The number of hydrogen-bond donors (Lipinski definition) is 0. The van der Waals surface area contributed by atoms with Crippen LogP contribution in [-0.2, 0) is 11.3 Å². The zero-order valence-electron chi connectivity index (χ0n) is 15.7. The topological polar surface area (TPSA) is 63.0 Å². The summed E-state index contributed by atoms with van der Waals surface area (Å²) < 4.78 is 11.3. The maximum atomic E-state index is 12.6. The molecule has 2 aromatic rings. The van der Waals surface area contributed by atoms with E-state index in [1.807, 2.05) is 30.0 Å². The zero-order valence-corrected chi connectivity index (χ0v) is 15.7. The SMILES string of the molecule is Cc1ccc2c(c1)OCC(=O)N2Cc1ccc(C(=O)N2CCC(C)CC2)o1. The number of anilines is 1. The Morgan fingerprint density at radius 3 is 2.74 bits per heavy atom. The molecule has 2 amide bonds. The van der Waals surface area contributed by atoms with Gasteiger partial charge in [-0.05, 0) is 55.5 Å². The monoisotopic (exact) mass is 368 g/mol. The Morgan fingerprint density at radius 1 is 1.19 bits per heavy atom. The fraction of sp³-hybridized carbons (Fsp3) is 0.429. The molecule has 1 fully saturated rings. The quantitative estimate of drug-likeness (QED) is 0.833. The molecule has 0 saturated carbocycles. The molecule has 2 aliphatic heterocycles. The highest BCUT2D eigenvalue weighted by molar-refractivity contribution is 5.97. The number of nitrogens with zero attached hydrogens (tertiary/aromatic N) is 2. The number of carbonyl (C=O) groups excluding carboxylic acids is 2. The lowest BCUT2D eigenvalue weighted by molar-refractivity contribution is -0.121. The largest absolute Gasteiger partial charge is 0.482 e. The Balaban J connectivity index is 1.50. The van der Waals surface area contributed by atoms with Crippen molar-refractivity contribution in [2.75, 3.05) is 24.6 Å². The number of furan rings is 1. The Bertz CT molecular complexity index is 865. The van der Waals surface area contributed by atoms with E-state index in [1.165, 1.54) is 0 Å². The van der Waals surface area contributed by atoms with E-state index in [4.69, 9.17) is 9.15 Å². The fourth-order valence-electron chi connectivity index (χ4n) is 3.59. The summed E-state index contributed by atoms with van der Waals surface area (Å²) in [5, 5.41) is 0. The lowest BCUT2D eigenvalue weighted by Crippen LogP contribution is -2.38. The number of likely N-dealkylation sites (tertiary alicyclic amines) is 1. The van der Waals surface area contributed by atoms with Crippen molar-refractivity contribution in [3.05, 3.63) is 47.4 Å². The fourth-order valence-corrected chi connectivity index (χ4v) is 3.59. The van der Waals surface area contributed by atoms with Gasteiger partial charge in [-0.15, -0.1) is 0 Å². The summed E-state index contributed by atoms with van der Waals surface area (Å²) in [7, 11) is 0. The van der Waals surface area contributed by atoms with Crippen LogP contribution in [0.1, 0.15) is 41.6 Å². The molecular weight excluding hydrogens is 344 g/mol. The van der Waals surface area contributed by atoms with Gasteiger partial charge in [0.2, 0.25) is 0 Å². The molecular formula is C21H24N2O4. The first-order valence-corrected chi connectivity index (χ1v) is 9.43. The van der Waals surface area contributed by atoms with Crippen LogP contribution in [0.4, 0.5) is 5.69 Å². The zero-order chi connectivity index (χ0) is 19.0. The van der Waals surface area contributed by atoms with Crippen LogP contribution in [0.3, 0.4) is 0 Å². The minimum absolute atomic E-state index is 0.00884. The molecule has 3 heterocycles. The highest BCUT2D eigenvalue weighted by atomic mass is 16.5. The average Bonchev–Trinajstić information content (AvgIpc) is 3.13. The number of carbonyl (C=O) groups is 2. The predicted molar refractivity (Wildman–Crippen MR) is 101 cm³/mol. The molecule has 0 spiro atoms. The van der Waals surface area contributed by atoms with E-state index >= 15 is 0 Å². The number of benzene rings is 1. The van der Waals surface area contributed by atoms with E-state index in [0.717, 1.165) is 37.2 Å². The van der Waals surface area contributed by atoms with E-state index in [9.17, 15) is 9.59 Å². The van der Waals surface area contributed by atoms with Crippen LogP contribution in [0.2, 0.25) is 0 Å². The number of rotatable bonds is 3. The Hall–Kier alpha value is -2.76. The van der Waals surface area contributed by atoms with Gasteiger partial charge in [0, 0.05) is 13.1 Å². The van der Waals surface area contributed by atoms with Crippen LogP contribution in [0.5, 0.6) is 5.75 Å². The molecule has 0 aliphatic carbocycles. The second-order valence-electron chi connectivity index (χ2n) is 7.48. The lowest BCUT2D eigenvalue weighted by atomic mass is 9.99. The third kappa shape index (κ3) is 3.56. The van der Waals surface area contributed by atoms with Gasteiger partial charge in [0.1, 0.15) is 11.5 Å². The number of aryl methyl sites for hydroxylation is 1. The van der Waals surface area contributed by atoms with E-state index in [2.05, 4.69) is 6.92 Å². The van der Waals surface area contributed by atoms with E-state index in [1.54, 1.807) is 17.0 Å². The van der Waals surface area contributed by atoms with Crippen LogP contribution >= 0.6 is 0 Å². The summed E-state index contributed by atoms with van der Waals surface area (Å²) in [5.74, 6) is 2.09. The number of amides is 2. The average molecular weight is 368 g/mol. The molecule has 142 valence electrons. The van der Waals surface area contributed by atoms with Crippen LogP contribution in [0, 0.1) is 12.8 Å². The molecule has 4 rings (SSSR count). The van der Waals surface area contributed by atoms with Crippen molar-refractivity contribution < 1.29 is 18.7 Å². The van der Waals surface area contributed by atoms with Gasteiger partial charge in [-0.25, -0.2) is 0 Å². The minimum atomic E-state index is -0.124. The van der Waals surface area contributed by atoms with Crippen molar-refractivity contribution in [3.63, 3.8) is 0 Å². The number of fused-ring (bicyclic) bond motifs is 1. The molecule has 0 atom stereocenters. The summed E-state index contributed by atoms with van der Waals surface area (Å²) in [6.07, 6.45) is 2.05. The maximum absolute atomic E-state index is 12.6. The Labute approximate surface area is 158 Å². The van der Waals surface area contributed by atoms with Crippen molar-refractivity contribution in [1.29, 1.82) is 0 Å². The third-order valence-electron chi connectivity index (χ3n) is 5.32. The normalized spacial score (nSPS) is 17.6. The Morgan fingerprint density at radius 2 is 1.96 bits per heavy atom. The van der Waals surface area contributed by atoms with Gasteiger partial charge in [-0.3, -0.25) is 14.5 Å². The van der Waals surface area contributed by atoms with Crippen molar-refractivity contribution in [3.8, 4) is 5.75 Å². The molecule has 1 aromatic carbocycles. The van der Waals surface area contributed by atoms with Gasteiger partial charge in [-0.1, -0.05) is 13.0 Å². The van der Waals surface area contributed by atoms with E-state index in [-0.39, 0.29) is 25.0 Å². The van der Waals surface area contributed by atoms with Crippen LogP contribution < -0.4 is 9.64 Å². The smallest absolute Gasteiger partial charge is 0.289 e. The molecule has 6 nitrogen and oxygen atoms in total. The van der Waals surface area contributed by atoms with Gasteiger partial charge in [0.25, 0.3) is 11.8 Å². The molecule has 0 bridgehead atoms. The molecule has 0 unspecified atom stereocenters. The second kappa shape index (κ2) is 7.10. The standard InChI is InChI=1S/C21H24N2O4/c1-14-7-9-22(10-8-14)21(25)18-6-4-16(27-18)12-23-17-5-3-15(2)11-19(17)26-13-20(23)24/h3-6,11,14H,7-10,12-13H2,1-2H3. The molecule has 6 heteroatoms. The lowest BCUT2D eigenvalue weighted by Gasteiger charge is -2.29. The maximum Gasteiger partial charge on any atom is 0.289 e. The number of piperidine rings is 1. The van der Waals surface area contributed by atoms with Gasteiger partial charge in [0.15, 0.2) is 12.4 Å². The van der Waals surface area contributed by atoms with E-state index < -0.39 is 0 Å². The second-order valence-corrected chi connectivity index (χ2v) is 7.48. The van der Waals surface area contributed by atoms with Gasteiger partial charge in [0.05, 0.1) is 12.2 Å². The van der Waals surface area contributed by atoms with Crippen molar-refractivity contribution >= 4 is 17.5 Å². The number of ether oxygens (including phenoxy) is 1. The predicted octanol–water partition coefficient (Wildman–Crippen LogP) is 3.39. The van der Waals surface area contributed by atoms with Crippen LogP contribution in [0.25, 0.3) is 0 Å². The van der Waals surface area contributed by atoms with Gasteiger partial charge in [-0.2, -0.15) is 0 Å². The molecule has 1 aromatic heterocycles. The number of hydrogen-bond acceptors (Lipinski definition) is 4. The first-order valence-electron chi connectivity index (χ1n) is 9.43. The van der Waals surface area contributed by atoms with Crippen molar-refractivity contribution in [2.24, 2.45) is 5.92 Å². The first-order chi connectivity index (χ1) is 13.0. The van der Waals surface area contributed by atoms with Gasteiger partial charge < -0.3 is 14.1 Å². The molecule has 1 saturated heterocycles. The highest BCUT2D eigenvalue weighted by Gasteiger charge is 2.28. The summed E-state index contributed by atoms with van der Waals surface area (Å²) in [6, 6.07) is 9.23. The third-order valence-corrected chi connectivity index (χ3v) is 5.32. The molecule has 2 aliphatic rings. The van der Waals surface area contributed by atoms with Crippen LogP contribution in [0.15, 0.2) is 34.7 Å². The van der Waals surface area contributed by atoms with Crippen molar-refractivity contribution in [1.82, 2.24) is 4.90 Å². The summed E-state index contributed by atoms with van der Waals surface area (Å²) >= 11 is 0. The summed E-state index contributed by atoms with van der Waals surface area (Å²) in [6.45, 7) is 6.02. The minimum Gasteiger partial charge on any atom is -0.482 e. The van der Waals surface area contributed by atoms with Gasteiger partial charge >= 0.3 is 0 Å². The molecule has 0 N–H and O–H groups in total. The summed E-state index contributed by atoms with van der Waals surface area (Å²) in [4.78, 5) is 28.5. The van der Waals surface area contributed by atoms with E-state index in [0.29, 0.717) is 23.2 Å². The van der Waals surface area contributed by atoms with Crippen molar-refractivity contribution in [2.45, 2.75) is 33.2 Å². The molecule has 0 radical (unpaired) electrons. The highest BCUT2D eigenvalue weighted by Crippen LogP contribution is 2.34.